The summed E-state index contributed by atoms with van der Waals surface area (Å²) < 4.78 is 0.124. The Morgan fingerprint density at radius 3 is 1.74 bits per heavy atom. The van der Waals surface area contributed by atoms with Gasteiger partial charge in [-0.25, -0.2) is 14.3 Å². The van der Waals surface area contributed by atoms with Crippen LogP contribution in [-0.4, -0.2) is 34.1 Å². The molecule has 202 valence electrons. The van der Waals surface area contributed by atoms with Crippen molar-refractivity contribution in [1.29, 1.82) is 0 Å². The molecular formula is C30H56N3O2+. The fraction of sp³-hybridized carbons (Fsp3) is 0.800. The maximum Gasteiger partial charge on any atom is 0.360 e. The number of carbonyl (C=O) groups is 1. The molecule has 2 atom stereocenters. The second-order valence-electron chi connectivity index (χ2n) is 10.5. The fourth-order valence-electron chi connectivity index (χ4n) is 5.01. The monoisotopic (exact) mass is 490 g/mol. The van der Waals surface area contributed by atoms with Crippen molar-refractivity contribution >= 4 is 11.8 Å². The van der Waals surface area contributed by atoms with Gasteiger partial charge >= 0.3 is 5.97 Å². The SMILES string of the molecule is CCCCCCCCCCCCCCCCCCCC/C=C/CC1=NC=C[N+]1(CC(=O)O)C(C)N. The standard InChI is InChI=1S/C30H55N3O2/c1-3-4-5-6-7-8-9-10-11-12-13-14-15-16-17-18-19-20-21-22-23-24-29-32-25-26-33(29,28(2)31)27-30(34)35/h22-23,25-26,28H,3-21,24,27,31H2,1-2H3/p+1/b23-22+. The van der Waals surface area contributed by atoms with Gasteiger partial charge in [-0.1, -0.05) is 128 Å². The number of hydrogen-bond donors (Lipinski definition) is 2. The number of rotatable bonds is 24. The molecule has 0 amide bonds. The third-order valence-electron chi connectivity index (χ3n) is 7.35. The topological polar surface area (TPSA) is 75.7 Å². The third-order valence-corrected chi connectivity index (χ3v) is 7.35. The maximum atomic E-state index is 11.3. The average molecular weight is 491 g/mol. The highest BCUT2D eigenvalue weighted by atomic mass is 16.4. The molecule has 0 radical (unpaired) electrons. The number of hydrogen-bond acceptors (Lipinski definition) is 3. The highest BCUT2D eigenvalue weighted by Gasteiger charge is 2.40. The lowest BCUT2D eigenvalue weighted by Gasteiger charge is -2.34. The number of aliphatic imine (C=N–C) groups is 1. The molecule has 5 heteroatoms. The summed E-state index contributed by atoms with van der Waals surface area (Å²) in [5.41, 5.74) is 6.11. The molecule has 0 aromatic carbocycles. The van der Waals surface area contributed by atoms with Gasteiger partial charge in [-0.2, -0.15) is 0 Å². The molecule has 0 aromatic heterocycles. The van der Waals surface area contributed by atoms with E-state index in [4.69, 9.17) is 5.73 Å². The molecule has 0 spiro atoms. The Morgan fingerprint density at radius 1 is 0.857 bits per heavy atom. The number of amidine groups is 1. The quantitative estimate of drug-likeness (QED) is 0.0809. The largest absolute Gasteiger partial charge is 0.477 e. The smallest absolute Gasteiger partial charge is 0.360 e. The van der Waals surface area contributed by atoms with Crippen molar-refractivity contribution in [3.63, 3.8) is 0 Å². The van der Waals surface area contributed by atoms with Crippen LogP contribution in [0.25, 0.3) is 0 Å². The van der Waals surface area contributed by atoms with Crippen molar-refractivity contribution in [2.75, 3.05) is 6.54 Å². The second kappa shape index (κ2) is 20.7. The van der Waals surface area contributed by atoms with Gasteiger partial charge in [-0.15, -0.1) is 0 Å². The first-order valence-electron chi connectivity index (χ1n) is 14.8. The molecule has 0 bridgehead atoms. The minimum Gasteiger partial charge on any atom is -0.477 e. The number of nitrogens with two attached hydrogens (primary N) is 1. The summed E-state index contributed by atoms with van der Waals surface area (Å²) in [5.74, 6) is -0.0409. The van der Waals surface area contributed by atoms with Crippen LogP contribution in [0.3, 0.4) is 0 Å². The van der Waals surface area contributed by atoms with E-state index < -0.39 is 5.97 Å². The Labute approximate surface area is 216 Å². The lowest BCUT2D eigenvalue weighted by atomic mass is 10.0. The molecule has 0 aromatic rings. The van der Waals surface area contributed by atoms with Crippen LogP contribution in [0.5, 0.6) is 0 Å². The van der Waals surface area contributed by atoms with Gasteiger partial charge in [0, 0.05) is 6.92 Å². The lowest BCUT2D eigenvalue weighted by molar-refractivity contribution is -0.805. The number of unbranched alkanes of at least 4 members (excludes halogenated alkanes) is 18. The van der Waals surface area contributed by atoms with Crippen molar-refractivity contribution in [1.82, 2.24) is 0 Å². The minimum atomic E-state index is -0.857. The van der Waals surface area contributed by atoms with Crippen molar-refractivity contribution < 1.29 is 14.4 Å². The summed E-state index contributed by atoms with van der Waals surface area (Å²) in [5, 5.41) is 9.27. The molecule has 5 nitrogen and oxygen atoms in total. The van der Waals surface area contributed by atoms with Crippen LogP contribution in [0, 0.1) is 0 Å². The molecular weight excluding hydrogens is 434 g/mol. The first-order chi connectivity index (χ1) is 17.0. The van der Waals surface area contributed by atoms with E-state index in [9.17, 15) is 9.90 Å². The second-order valence-corrected chi connectivity index (χ2v) is 10.5. The summed E-state index contributed by atoms with van der Waals surface area (Å²) in [4.78, 5) is 15.7. The highest BCUT2D eigenvalue weighted by Crippen LogP contribution is 2.22. The maximum absolute atomic E-state index is 11.3. The summed E-state index contributed by atoms with van der Waals surface area (Å²) in [6, 6.07) is 0. The van der Waals surface area contributed by atoms with Crippen LogP contribution in [-0.2, 0) is 4.79 Å². The lowest BCUT2D eigenvalue weighted by Crippen LogP contribution is -2.58. The Morgan fingerprint density at radius 2 is 1.31 bits per heavy atom. The van der Waals surface area contributed by atoms with Gasteiger partial charge < -0.3 is 5.11 Å². The average Bonchev–Trinajstić information content (AvgIpc) is 3.23. The zero-order valence-corrected chi connectivity index (χ0v) is 23.1. The van der Waals surface area contributed by atoms with Crippen LogP contribution in [0.1, 0.15) is 142 Å². The number of allylic oxidation sites excluding steroid dienone is 1. The molecule has 0 saturated carbocycles. The van der Waals surface area contributed by atoms with E-state index in [2.05, 4.69) is 24.1 Å². The van der Waals surface area contributed by atoms with Gasteiger partial charge in [0.25, 0.3) is 0 Å². The Bertz CT molecular complexity index is 627. The number of quaternary nitrogens is 1. The predicted molar refractivity (Wildman–Crippen MR) is 150 cm³/mol. The molecule has 2 unspecified atom stereocenters. The molecule has 1 aliphatic heterocycles. The Hall–Kier alpha value is -1.46. The predicted octanol–water partition coefficient (Wildman–Crippen LogP) is 8.45. The first-order valence-corrected chi connectivity index (χ1v) is 14.8. The molecule has 35 heavy (non-hydrogen) atoms. The van der Waals surface area contributed by atoms with Gasteiger partial charge in [-0.05, 0) is 12.8 Å². The van der Waals surface area contributed by atoms with Gasteiger partial charge in [0.1, 0.15) is 12.4 Å². The third kappa shape index (κ3) is 14.6. The summed E-state index contributed by atoms with van der Waals surface area (Å²) in [6.45, 7) is 4.07. The van der Waals surface area contributed by atoms with Crippen LogP contribution in [0.4, 0.5) is 0 Å². The van der Waals surface area contributed by atoms with E-state index in [1.165, 1.54) is 116 Å². The van der Waals surface area contributed by atoms with Crippen LogP contribution >= 0.6 is 0 Å². The highest BCUT2D eigenvalue weighted by molar-refractivity contribution is 5.82. The molecule has 0 aliphatic carbocycles. The van der Waals surface area contributed by atoms with E-state index in [1.807, 2.05) is 6.92 Å². The van der Waals surface area contributed by atoms with Crippen LogP contribution in [0.15, 0.2) is 29.5 Å². The number of carboxylic acid groups (broad SMARTS) is 1. The molecule has 0 fully saturated rings. The van der Waals surface area contributed by atoms with E-state index in [0.29, 0.717) is 6.42 Å². The van der Waals surface area contributed by atoms with Gasteiger partial charge in [-0.3, -0.25) is 5.73 Å². The molecule has 3 N–H and O–H groups in total. The van der Waals surface area contributed by atoms with Crippen LogP contribution < -0.4 is 5.73 Å². The van der Waals surface area contributed by atoms with Crippen molar-refractivity contribution in [2.24, 2.45) is 10.7 Å². The van der Waals surface area contributed by atoms with Crippen molar-refractivity contribution in [3.8, 4) is 0 Å². The van der Waals surface area contributed by atoms with Crippen LogP contribution in [0.2, 0.25) is 0 Å². The van der Waals surface area contributed by atoms with E-state index >= 15 is 0 Å². The number of carboxylic acids is 1. The van der Waals surface area contributed by atoms with E-state index in [-0.39, 0.29) is 17.2 Å². The van der Waals surface area contributed by atoms with Gasteiger partial charge in [0.15, 0.2) is 6.54 Å². The first kappa shape index (κ1) is 31.6. The number of nitrogens with zero attached hydrogens (tertiary/aromatic N) is 2. The molecule has 1 aliphatic rings. The summed E-state index contributed by atoms with van der Waals surface area (Å²) in [6.07, 6.45) is 34.4. The fourth-order valence-corrected chi connectivity index (χ4v) is 5.01. The number of aliphatic carboxylic acids is 1. The van der Waals surface area contributed by atoms with Crippen molar-refractivity contribution in [2.45, 2.75) is 148 Å². The van der Waals surface area contributed by atoms with Gasteiger partial charge in [0.05, 0.1) is 12.6 Å². The Balaban J connectivity index is 1.91. The summed E-state index contributed by atoms with van der Waals surface area (Å²) in [7, 11) is 0. The normalized spacial score (nSPS) is 18.4. The molecule has 1 heterocycles. The van der Waals surface area contributed by atoms with Gasteiger partial charge in [0.2, 0.25) is 5.84 Å². The van der Waals surface area contributed by atoms with E-state index in [1.54, 1.807) is 12.4 Å². The zero-order chi connectivity index (χ0) is 25.6. The minimum absolute atomic E-state index is 0.0555. The Kier molecular flexibility index (Phi) is 18.7. The zero-order valence-electron chi connectivity index (χ0n) is 23.1. The summed E-state index contributed by atoms with van der Waals surface area (Å²) >= 11 is 0. The van der Waals surface area contributed by atoms with E-state index in [0.717, 1.165) is 12.3 Å². The van der Waals surface area contributed by atoms with Crippen molar-refractivity contribution in [3.05, 3.63) is 24.6 Å². The molecule has 0 saturated heterocycles. The molecule has 1 rings (SSSR count).